The smallest absolute Gasteiger partial charge is 0.325 e. The van der Waals surface area contributed by atoms with Gasteiger partial charge < -0.3 is 15.0 Å². The molecule has 1 fully saturated rings. The van der Waals surface area contributed by atoms with Crippen LogP contribution in [0.25, 0.3) is 0 Å². The molecule has 1 aliphatic heterocycles. The molecule has 0 amide bonds. The fourth-order valence-electron chi connectivity index (χ4n) is 4.13. The average Bonchev–Trinajstić information content (AvgIpc) is 2.80. The van der Waals surface area contributed by atoms with Crippen LogP contribution in [-0.2, 0) is 9.53 Å². The number of para-hydroxylation sites is 1. The molecule has 2 aromatic carbocycles. The summed E-state index contributed by atoms with van der Waals surface area (Å²) in [7, 11) is 0. The first-order valence-electron chi connectivity index (χ1n) is 11.2. The second-order valence-corrected chi connectivity index (χ2v) is 7.75. The van der Waals surface area contributed by atoms with Gasteiger partial charge in [-0.3, -0.25) is 9.69 Å². The van der Waals surface area contributed by atoms with Gasteiger partial charge in [0.2, 0.25) is 0 Å². The topological polar surface area (TPSA) is 44.8 Å². The number of rotatable bonds is 10. The Hall–Kier alpha value is -2.37. The van der Waals surface area contributed by atoms with Gasteiger partial charge in [0, 0.05) is 31.9 Å². The monoisotopic (exact) mass is 409 g/mol. The molecule has 0 unspecified atom stereocenters. The first-order valence-corrected chi connectivity index (χ1v) is 11.2. The van der Waals surface area contributed by atoms with E-state index in [0.717, 1.165) is 51.1 Å². The van der Waals surface area contributed by atoms with Gasteiger partial charge in [-0.25, -0.2) is 0 Å². The summed E-state index contributed by atoms with van der Waals surface area (Å²) < 4.78 is 5.54. The number of piperazine rings is 1. The Morgan fingerprint density at radius 1 is 0.967 bits per heavy atom. The van der Waals surface area contributed by atoms with Gasteiger partial charge in [0.15, 0.2) is 0 Å². The normalized spacial score (nSPS) is 16.8. The number of ether oxygens (including phenoxy) is 1. The summed E-state index contributed by atoms with van der Waals surface area (Å²) in [6.45, 7) is 8.81. The van der Waals surface area contributed by atoms with Crippen molar-refractivity contribution < 1.29 is 9.53 Å². The second-order valence-electron chi connectivity index (χ2n) is 7.75. The van der Waals surface area contributed by atoms with Crippen LogP contribution in [0.15, 0.2) is 60.7 Å². The molecule has 0 aromatic heterocycles. The van der Waals surface area contributed by atoms with E-state index in [0.29, 0.717) is 6.61 Å². The molecule has 1 aliphatic rings. The molecule has 0 spiro atoms. The van der Waals surface area contributed by atoms with Gasteiger partial charge in [0.25, 0.3) is 0 Å². The van der Waals surface area contributed by atoms with Crippen molar-refractivity contribution in [1.82, 2.24) is 10.2 Å². The van der Waals surface area contributed by atoms with Gasteiger partial charge >= 0.3 is 5.97 Å². The quantitative estimate of drug-likeness (QED) is 0.477. The lowest BCUT2D eigenvalue weighted by Crippen LogP contribution is -2.57. The molecule has 2 aromatic rings. The van der Waals surface area contributed by atoms with Crippen LogP contribution in [0.5, 0.6) is 0 Å². The number of nitrogens with zero attached hydrogens (tertiary/aromatic N) is 2. The maximum atomic E-state index is 13.1. The van der Waals surface area contributed by atoms with E-state index in [1.54, 1.807) is 0 Å². The van der Waals surface area contributed by atoms with Gasteiger partial charge in [0.05, 0.1) is 12.6 Å². The van der Waals surface area contributed by atoms with Crippen LogP contribution in [0.4, 0.5) is 5.69 Å². The van der Waals surface area contributed by atoms with Crippen molar-refractivity contribution in [2.75, 3.05) is 44.2 Å². The van der Waals surface area contributed by atoms with Crippen LogP contribution < -0.4 is 10.2 Å². The highest BCUT2D eigenvalue weighted by Gasteiger charge is 2.37. The van der Waals surface area contributed by atoms with Crippen LogP contribution in [0.3, 0.4) is 0 Å². The molecule has 3 rings (SSSR count). The number of unbranched alkanes of at least 4 members (excludes halogenated alkanes) is 1. The second kappa shape index (κ2) is 11.7. The van der Waals surface area contributed by atoms with Crippen molar-refractivity contribution in [2.45, 2.75) is 38.8 Å². The van der Waals surface area contributed by atoms with E-state index in [-0.39, 0.29) is 18.1 Å². The number of anilines is 1. The highest BCUT2D eigenvalue weighted by molar-refractivity contribution is 5.77. The zero-order valence-electron chi connectivity index (χ0n) is 18.3. The maximum Gasteiger partial charge on any atom is 0.325 e. The average molecular weight is 410 g/mol. The number of nitrogens with one attached hydrogen (secondary N) is 1. The molecule has 0 radical (unpaired) electrons. The maximum absolute atomic E-state index is 13.1. The number of carbonyl (C=O) groups is 1. The Bertz CT molecular complexity index is 746. The van der Waals surface area contributed by atoms with Gasteiger partial charge in [0.1, 0.15) is 6.04 Å². The Labute approximate surface area is 181 Å². The lowest BCUT2D eigenvalue weighted by Gasteiger charge is -2.42. The summed E-state index contributed by atoms with van der Waals surface area (Å²) in [6.07, 6.45) is 2.20. The van der Waals surface area contributed by atoms with Crippen molar-refractivity contribution in [3.05, 3.63) is 66.2 Å². The van der Waals surface area contributed by atoms with E-state index in [1.807, 2.05) is 31.2 Å². The molecule has 0 bridgehead atoms. The number of carbonyl (C=O) groups excluding carboxylic acids is 1. The summed E-state index contributed by atoms with van der Waals surface area (Å²) in [4.78, 5) is 17.8. The Morgan fingerprint density at radius 2 is 1.60 bits per heavy atom. The standard InChI is InChI=1S/C25H35N3O2/c1-3-5-16-26-23(21-12-8-6-9-13-21)24(25(29)30-4-2)28-19-17-27(18-20-28)22-14-10-7-11-15-22/h6-15,23-24,26H,3-5,16-20H2,1-2H3/t23-,24-/m0/s1. The molecule has 1 heterocycles. The third-order valence-electron chi connectivity index (χ3n) is 5.73. The number of benzene rings is 2. The predicted molar refractivity (Wildman–Crippen MR) is 123 cm³/mol. The SMILES string of the molecule is CCCCN[C@@H](c1ccccc1)[C@@H](C(=O)OCC)N1CCN(c2ccccc2)CC1. The molecule has 162 valence electrons. The van der Waals surface area contributed by atoms with Crippen molar-refractivity contribution in [3.8, 4) is 0 Å². The Balaban J connectivity index is 1.79. The minimum Gasteiger partial charge on any atom is -0.465 e. The van der Waals surface area contributed by atoms with Crippen molar-refractivity contribution in [2.24, 2.45) is 0 Å². The molecular weight excluding hydrogens is 374 g/mol. The molecular formula is C25H35N3O2. The number of hydrogen-bond donors (Lipinski definition) is 1. The molecule has 1 N–H and O–H groups in total. The van der Waals surface area contributed by atoms with Gasteiger partial charge in [-0.15, -0.1) is 0 Å². The third-order valence-corrected chi connectivity index (χ3v) is 5.73. The minimum absolute atomic E-state index is 0.0833. The lowest BCUT2D eigenvalue weighted by molar-refractivity contribution is -0.151. The molecule has 5 heteroatoms. The zero-order valence-corrected chi connectivity index (χ0v) is 18.3. The van der Waals surface area contributed by atoms with Crippen LogP contribution in [-0.4, -0.2) is 56.2 Å². The lowest BCUT2D eigenvalue weighted by atomic mass is 9.96. The van der Waals surface area contributed by atoms with Gasteiger partial charge in [-0.2, -0.15) is 0 Å². The fourth-order valence-corrected chi connectivity index (χ4v) is 4.13. The van der Waals surface area contributed by atoms with Crippen LogP contribution in [0.1, 0.15) is 38.3 Å². The molecule has 5 nitrogen and oxygen atoms in total. The third kappa shape index (κ3) is 5.83. The summed E-state index contributed by atoms with van der Waals surface area (Å²) in [5, 5.41) is 3.66. The van der Waals surface area contributed by atoms with Crippen LogP contribution in [0.2, 0.25) is 0 Å². The molecule has 0 saturated carbocycles. The molecule has 0 aliphatic carbocycles. The van der Waals surface area contributed by atoms with E-state index >= 15 is 0 Å². The van der Waals surface area contributed by atoms with E-state index in [1.165, 1.54) is 5.69 Å². The summed E-state index contributed by atoms with van der Waals surface area (Å²) in [6, 6.07) is 20.4. The Morgan fingerprint density at radius 3 is 2.20 bits per heavy atom. The summed E-state index contributed by atoms with van der Waals surface area (Å²) in [5.41, 5.74) is 2.38. The zero-order chi connectivity index (χ0) is 21.2. The number of hydrogen-bond acceptors (Lipinski definition) is 5. The molecule has 30 heavy (non-hydrogen) atoms. The van der Waals surface area contributed by atoms with Crippen molar-refractivity contribution in [1.29, 1.82) is 0 Å². The predicted octanol–water partition coefficient (Wildman–Crippen LogP) is 3.87. The Kier molecular flexibility index (Phi) is 8.72. The highest BCUT2D eigenvalue weighted by atomic mass is 16.5. The van der Waals surface area contributed by atoms with Gasteiger partial charge in [-0.1, -0.05) is 61.9 Å². The first kappa shape index (κ1) is 22.3. The molecule has 1 saturated heterocycles. The number of esters is 1. The largest absolute Gasteiger partial charge is 0.465 e. The highest BCUT2D eigenvalue weighted by Crippen LogP contribution is 2.25. The van der Waals surface area contributed by atoms with Crippen LogP contribution in [0, 0.1) is 0 Å². The summed E-state index contributed by atoms with van der Waals surface area (Å²) in [5.74, 6) is -0.136. The van der Waals surface area contributed by atoms with Crippen LogP contribution >= 0.6 is 0 Å². The van der Waals surface area contributed by atoms with Crippen molar-refractivity contribution in [3.63, 3.8) is 0 Å². The van der Waals surface area contributed by atoms with E-state index in [9.17, 15) is 4.79 Å². The van der Waals surface area contributed by atoms with Crippen molar-refractivity contribution >= 4 is 11.7 Å². The fraction of sp³-hybridized carbons (Fsp3) is 0.480. The molecule has 2 atom stereocenters. The minimum atomic E-state index is -0.331. The summed E-state index contributed by atoms with van der Waals surface area (Å²) >= 11 is 0. The van der Waals surface area contributed by atoms with E-state index < -0.39 is 0 Å². The van der Waals surface area contributed by atoms with E-state index in [4.69, 9.17) is 4.74 Å². The van der Waals surface area contributed by atoms with E-state index in [2.05, 4.69) is 58.4 Å². The first-order chi connectivity index (χ1) is 14.7. The van der Waals surface area contributed by atoms with Gasteiger partial charge in [-0.05, 0) is 37.6 Å².